The Bertz CT molecular complexity index is 1180. The minimum absolute atomic E-state index is 0.0762. The first kappa shape index (κ1) is 22.2. The van der Waals surface area contributed by atoms with Crippen molar-refractivity contribution in [1.29, 1.82) is 10.5 Å². The molecule has 1 saturated heterocycles. The Hall–Kier alpha value is -3.02. The molecule has 0 N–H and O–H groups in total. The molecule has 3 aromatic carbocycles. The molecule has 0 spiro atoms. The van der Waals surface area contributed by atoms with Crippen molar-refractivity contribution >= 4 is 28.9 Å². The number of halogens is 2. The topological polar surface area (TPSA) is 54.1 Å². The fraction of sp³-hybridized carbons (Fsp3) is 0.231. The molecule has 4 nitrogen and oxygen atoms in total. The molecule has 32 heavy (non-hydrogen) atoms. The van der Waals surface area contributed by atoms with E-state index in [4.69, 9.17) is 28.5 Å². The van der Waals surface area contributed by atoms with Crippen LogP contribution in [0.4, 0.5) is 5.69 Å². The van der Waals surface area contributed by atoms with Crippen LogP contribution in [-0.4, -0.2) is 24.5 Å². The van der Waals surface area contributed by atoms with Crippen molar-refractivity contribution in [1.82, 2.24) is 4.90 Å². The standard InChI is InChI=1S/C26H22Cl2N4/c1-18(21-5-2-19(15-29)3-6-21)31-12-13-32(25-11-4-20(16-30)14-24(25)28)26(17-31)22-7-9-23(27)10-8-22/h2-11,14,18,26H,12-13,17H2,1H3. The summed E-state index contributed by atoms with van der Waals surface area (Å²) in [4.78, 5) is 4.77. The zero-order chi connectivity index (χ0) is 22.7. The predicted molar refractivity (Wildman–Crippen MR) is 129 cm³/mol. The van der Waals surface area contributed by atoms with Crippen molar-refractivity contribution < 1.29 is 0 Å². The van der Waals surface area contributed by atoms with Gasteiger partial charge < -0.3 is 4.90 Å². The van der Waals surface area contributed by atoms with Crippen LogP contribution in [0.15, 0.2) is 66.7 Å². The van der Waals surface area contributed by atoms with E-state index in [1.54, 1.807) is 6.07 Å². The second kappa shape index (κ2) is 9.63. The molecule has 0 aromatic heterocycles. The van der Waals surface area contributed by atoms with E-state index in [1.165, 1.54) is 5.56 Å². The van der Waals surface area contributed by atoms with Gasteiger partial charge in [0.15, 0.2) is 0 Å². The van der Waals surface area contributed by atoms with Crippen molar-refractivity contribution in [3.8, 4) is 12.1 Å². The van der Waals surface area contributed by atoms with Crippen molar-refractivity contribution in [3.63, 3.8) is 0 Å². The van der Waals surface area contributed by atoms with Gasteiger partial charge in [-0.25, -0.2) is 0 Å². The van der Waals surface area contributed by atoms with Gasteiger partial charge in [0.1, 0.15) is 0 Å². The van der Waals surface area contributed by atoms with E-state index in [9.17, 15) is 5.26 Å². The number of hydrogen-bond acceptors (Lipinski definition) is 4. The van der Waals surface area contributed by atoms with Gasteiger partial charge in [-0.05, 0) is 60.5 Å². The van der Waals surface area contributed by atoms with E-state index in [0.29, 0.717) is 21.2 Å². The molecule has 4 rings (SSSR count). The van der Waals surface area contributed by atoms with Crippen molar-refractivity contribution in [2.24, 2.45) is 0 Å². The number of nitriles is 2. The summed E-state index contributed by atoms with van der Waals surface area (Å²) in [6.45, 7) is 4.66. The summed E-state index contributed by atoms with van der Waals surface area (Å²) >= 11 is 12.7. The van der Waals surface area contributed by atoms with Crippen LogP contribution in [0.2, 0.25) is 10.0 Å². The lowest BCUT2D eigenvalue weighted by atomic mass is 9.98. The SMILES string of the molecule is CC(c1ccc(C#N)cc1)N1CCN(c2ccc(C#N)cc2Cl)C(c2ccc(Cl)cc2)C1. The Labute approximate surface area is 198 Å². The molecule has 160 valence electrons. The highest BCUT2D eigenvalue weighted by Crippen LogP contribution is 2.38. The molecule has 3 aromatic rings. The summed E-state index contributed by atoms with van der Waals surface area (Å²) in [5.41, 5.74) is 4.49. The first-order chi connectivity index (χ1) is 15.5. The van der Waals surface area contributed by atoms with E-state index in [1.807, 2.05) is 48.5 Å². The van der Waals surface area contributed by atoms with Crippen molar-refractivity contribution in [3.05, 3.63) is 99.0 Å². The first-order valence-electron chi connectivity index (χ1n) is 10.5. The maximum absolute atomic E-state index is 9.20. The van der Waals surface area contributed by atoms with Gasteiger partial charge in [-0.15, -0.1) is 0 Å². The summed E-state index contributed by atoms with van der Waals surface area (Å²) in [5.74, 6) is 0. The highest BCUT2D eigenvalue weighted by atomic mass is 35.5. The Balaban J connectivity index is 1.65. The first-order valence-corrected chi connectivity index (χ1v) is 11.2. The third-order valence-corrected chi connectivity index (χ3v) is 6.68. The molecule has 1 fully saturated rings. The Morgan fingerprint density at radius 1 is 0.875 bits per heavy atom. The minimum atomic E-state index is 0.0762. The normalized spacial score (nSPS) is 17.4. The van der Waals surface area contributed by atoms with Gasteiger partial charge in [0.2, 0.25) is 0 Å². The molecule has 2 unspecified atom stereocenters. The molecule has 0 saturated carbocycles. The molecular weight excluding hydrogens is 439 g/mol. The van der Waals surface area contributed by atoms with Crippen molar-refractivity contribution in [2.75, 3.05) is 24.5 Å². The summed E-state index contributed by atoms with van der Waals surface area (Å²) < 4.78 is 0. The van der Waals surface area contributed by atoms with Gasteiger partial charge in [0, 0.05) is 30.7 Å². The van der Waals surface area contributed by atoms with Crippen LogP contribution in [0.3, 0.4) is 0 Å². The molecule has 1 heterocycles. The molecule has 1 aliphatic heterocycles. The van der Waals surface area contributed by atoms with E-state index in [0.717, 1.165) is 30.9 Å². The summed E-state index contributed by atoms with van der Waals surface area (Å²) in [7, 11) is 0. The molecule has 0 bridgehead atoms. The number of hydrogen-bond donors (Lipinski definition) is 0. The van der Waals surface area contributed by atoms with Crippen LogP contribution in [-0.2, 0) is 0 Å². The lowest BCUT2D eigenvalue weighted by molar-refractivity contribution is 0.171. The lowest BCUT2D eigenvalue weighted by Crippen LogP contribution is -2.49. The van der Waals surface area contributed by atoms with Crippen LogP contribution >= 0.6 is 23.2 Å². The second-order valence-electron chi connectivity index (χ2n) is 7.94. The number of piperazine rings is 1. The minimum Gasteiger partial charge on any atom is -0.361 e. The Kier molecular flexibility index (Phi) is 6.68. The van der Waals surface area contributed by atoms with E-state index in [2.05, 4.69) is 41.0 Å². The molecule has 0 radical (unpaired) electrons. The smallest absolute Gasteiger partial charge is 0.0992 e. The largest absolute Gasteiger partial charge is 0.361 e. The quantitative estimate of drug-likeness (QED) is 0.454. The highest BCUT2D eigenvalue weighted by molar-refractivity contribution is 6.33. The highest BCUT2D eigenvalue weighted by Gasteiger charge is 2.32. The fourth-order valence-electron chi connectivity index (χ4n) is 4.27. The van der Waals surface area contributed by atoms with Gasteiger partial charge in [-0.2, -0.15) is 10.5 Å². The van der Waals surface area contributed by atoms with Gasteiger partial charge in [0.05, 0.1) is 40.0 Å². The summed E-state index contributed by atoms with van der Waals surface area (Å²) in [6, 6.07) is 25.8. The average Bonchev–Trinajstić information content (AvgIpc) is 2.84. The predicted octanol–water partition coefficient (Wildman–Crippen LogP) is 6.36. The lowest BCUT2D eigenvalue weighted by Gasteiger charge is -2.45. The van der Waals surface area contributed by atoms with Crippen molar-refractivity contribution in [2.45, 2.75) is 19.0 Å². The monoisotopic (exact) mass is 460 g/mol. The maximum Gasteiger partial charge on any atom is 0.0992 e. The number of rotatable bonds is 4. The van der Waals surface area contributed by atoms with Gasteiger partial charge in [0.25, 0.3) is 0 Å². The van der Waals surface area contributed by atoms with Crippen LogP contribution in [0.1, 0.15) is 41.3 Å². The van der Waals surface area contributed by atoms with Gasteiger partial charge in [-0.1, -0.05) is 47.5 Å². The number of anilines is 1. The maximum atomic E-state index is 9.20. The van der Waals surface area contributed by atoms with E-state index < -0.39 is 0 Å². The third-order valence-electron chi connectivity index (χ3n) is 6.12. The van der Waals surface area contributed by atoms with Gasteiger partial charge >= 0.3 is 0 Å². The zero-order valence-electron chi connectivity index (χ0n) is 17.7. The Morgan fingerprint density at radius 2 is 1.53 bits per heavy atom. The molecule has 1 aliphatic rings. The summed E-state index contributed by atoms with van der Waals surface area (Å²) in [6.07, 6.45) is 0. The molecule has 0 amide bonds. The Morgan fingerprint density at radius 3 is 2.16 bits per heavy atom. The van der Waals surface area contributed by atoms with Crippen LogP contribution in [0.25, 0.3) is 0 Å². The molecular formula is C26H22Cl2N4. The fourth-order valence-corrected chi connectivity index (χ4v) is 4.69. The second-order valence-corrected chi connectivity index (χ2v) is 8.79. The number of benzene rings is 3. The summed E-state index contributed by atoms with van der Waals surface area (Å²) in [5, 5.41) is 19.6. The van der Waals surface area contributed by atoms with Crippen LogP contribution in [0.5, 0.6) is 0 Å². The van der Waals surface area contributed by atoms with Crippen LogP contribution < -0.4 is 4.90 Å². The van der Waals surface area contributed by atoms with E-state index in [-0.39, 0.29) is 12.1 Å². The number of nitrogens with zero attached hydrogens (tertiary/aromatic N) is 4. The molecule has 2 atom stereocenters. The van der Waals surface area contributed by atoms with Gasteiger partial charge in [-0.3, -0.25) is 4.90 Å². The third kappa shape index (κ3) is 4.59. The molecule has 6 heteroatoms. The van der Waals surface area contributed by atoms with Crippen LogP contribution in [0, 0.1) is 22.7 Å². The molecule has 0 aliphatic carbocycles. The zero-order valence-corrected chi connectivity index (χ0v) is 19.2. The average molecular weight is 461 g/mol. The van der Waals surface area contributed by atoms with E-state index >= 15 is 0 Å².